The third kappa shape index (κ3) is 4.20. The average Bonchev–Trinajstić information content (AvgIpc) is 2.79. The number of sulfonamides is 1. The number of amides is 1. The summed E-state index contributed by atoms with van der Waals surface area (Å²) in [5.41, 5.74) is 1.45. The lowest BCUT2D eigenvalue weighted by molar-refractivity contribution is -0.384. The molecule has 11 heteroatoms. The van der Waals surface area contributed by atoms with E-state index in [0.717, 1.165) is 17.3 Å². The molecular weight excluding hydrogens is 456 g/mol. The fourth-order valence-electron chi connectivity index (χ4n) is 3.49. The number of nitrogens with one attached hydrogen (secondary N) is 1. The van der Waals surface area contributed by atoms with Crippen molar-refractivity contribution < 1.29 is 18.1 Å². The standard InChI is InChI=1S/C21H17ClN4O5S/c22-18-6-5-16(32(30,31)25-10-8-14-3-1-2-4-15(14)13-25)11-17(18)21(27)24-19-7-9-23-12-20(19)26(28)29/h1-7,9,11-12H,8,10,13H2,(H,23,24,27). The second kappa shape index (κ2) is 8.65. The molecule has 0 spiro atoms. The van der Waals surface area contributed by atoms with E-state index in [2.05, 4.69) is 10.3 Å². The largest absolute Gasteiger partial charge is 0.316 e. The number of carbonyl (C=O) groups is 1. The van der Waals surface area contributed by atoms with E-state index in [9.17, 15) is 23.3 Å². The number of hydrogen-bond donors (Lipinski definition) is 1. The molecule has 0 bridgehead atoms. The molecule has 3 aromatic rings. The Morgan fingerprint density at radius 2 is 1.91 bits per heavy atom. The summed E-state index contributed by atoms with van der Waals surface area (Å²) in [6, 6.07) is 12.8. The second-order valence-electron chi connectivity index (χ2n) is 7.10. The first-order chi connectivity index (χ1) is 15.3. The van der Waals surface area contributed by atoms with Gasteiger partial charge >= 0.3 is 5.69 Å². The zero-order valence-electron chi connectivity index (χ0n) is 16.6. The smallest absolute Gasteiger partial charge is 0.310 e. The number of fused-ring (bicyclic) bond motifs is 1. The van der Waals surface area contributed by atoms with Gasteiger partial charge in [-0.2, -0.15) is 4.31 Å². The average molecular weight is 473 g/mol. The van der Waals surface area contributed by atoms with Gasteiger partial charge in [0.05, 0.1) is 20.4 Å². The van der Waals surface area contributed by atoms with Crippen molar-refractivity contribution in [3.63, 3.8) is 0 Å². The second-order valence-corrected chi connectivity index (χ2v) is 9.45. The van der Waals surface area contributed by atoms with Gasteiger partial charge in [-0.25, -0.2) is 8.42 Å². The number of anilines is 1. The Bertz CT molecular complexity index is 1330. The molecule has 1 aliphatic heterocycles. The van der Waals surface area contributed by atoms with Crippen LogP contribution < -0.4 is 5.32 Å². The molecule has 0 atom stereocenters. The lowest BCUT2D eigenvalue weighted by Crippen LogP contribution is -2.36. The first-order valence-electron chi connectivity index (χ1n) is 9.53. The van der Waals surface area contributed by atoms with Crippen molar-refractivity contribution in [2.75, 3.05) is 11.9 Å². The molecule has 9 nitrogen and oxygen atoms in total. The van der Waals surface area contributed by atoms with E-state index < -0.39 is 26.5 Å². The third-order valence-electron chi connectivity index (χ3n) is 5.16. The van der Waals surface area contributed by atoms with Crippen LogP contribution >= 0.6 is 11.6 Å². The Hall–Kier alpha value is -3.34. The van der Waals surface area contributed by atoms with Crippen molar-refractivity contribution in [2.45, 2.75) is 17.9 Å². The number of carbonyl (C=O) groups excluding carboxylic acids is 1. The maximum atomic E-state index is 13.2. The van der Waals surface area contributed by atoms with E-state index in [4.69, 9.17) is 11.6 Å². The zero-order valence-corrected chi connectivity index (χ0v) is 18.1. The highest BCUT2D eigenvalue weighted by atomic mass is 35.5. The van der Waals surface area contributed by atoms with Gasteiger partial charge < -0.3 is 5.32 Å². The number of hydrogen-bond acceptors (Lipinski definition) is 6. The molecule has 2 aromatic carbocycles. The Balaban J connectivity index is 1.63. The minimum Gasteiger partial charge on any atom is -0.316 e. The summed E-state index contributed by atoms with van der Waals surface area (Å²) < 4.78 is 27.8. The monoisotopic (exact) mass is 472 g/mol. The minimum atomic E-state index is -3.90. The number of aromatic nitrogens is 1. The normalized spacial score (nSPS) is 13.9. The molecule has 1 aromatic heterocycles. The summed E-state index contributed by atoms with van der Waals surface area (Å²) in [5, 5.41) is 13.6. The molecule has 0 radical (unpaired) electrons. The van der Waals surface area contributed by atoms with E-state index in [-0.39, 0.29) is 27.7 Å². The summed E-state index contributed by atoms with van der Waals surface area (Å²) in [4.78, 5) is 26.8. The number of pyridine rings is 1. The maximum absolute atomic E-state index is 13.2. The molecule has 0 fully saturated rings. The van der Waals surface area contributed by atoms with Gasteiger partial charge in [-0.3, -0.25) is 19.9 Å². The number of benzene rings is 2. The molecule has 0 saturated heterocycles. The Kier molecular flexibility index (Phi) is 5.92. The highest BCUT2D eigenvalue weighted by molar-refractivity contribution is 7.89. The fraction of sp³-hybridized carbons (Fsp3) is 0.143. The molecule has 2 heterocycles. The Morgan fingerprint density at radius 1 is 1.16 bits per heavy atom. The summed E-state index contributed by atoms with van der Waals surface area (Å²) in [5.74, 6) is -0.773. The van der Waals surface area contributed by atoms with E-state index >= 15 is 0 Å². The summed E-state index contributed by atoms with van der Waals surface area (Å²) in [7, 11) is -3.90. The van der Waals surface area contributed by atoms with Crippen LogP contribution in [0.4, 0.5) is 11.4 Å². The molecule has 4 rings (SSSR count). The van der Waals surface area contributed by atoms with Gasteiger partial charge in [-0.15, -0.1) is 0 Å². The summed E-state index contributed by atoms with van der Waals surface area (Å²) in [6.45, 7) is 0.540. The van der Waals surface area contributed by atoms with Crippen LogP contribution in [0.25, 0.3) is 0 Å². The topological polar surface area (TPSA) is 123 Å². The Labute approximate surface area is 188 Å². The molecule has 0 saturated carbocycles. The quantitative estimate of drug-likeness (QED) is 0.446. The summed E-state index contributed by atoms with van der Waals surface area (Å²) >= 11 is 6.15. The SMILES string of the molecule is O=C(Nc1ccncc1[N+](=O)[O-])c1cc(S(=O)(=O)N2CCc3ccccc3C2)ccc1Cl. The van der Waals surface area contributed by atoms with E-state index in [1.807, 2.05) is 24.3 Å². The van der Waals surface area contributed by atoms with Crippen LogP contribution in [0.15, 0.2) is 65.8 Å². The molecular formula is C21H17ClN4O5S. The third-order valence-corrected chi connectivity index (χ3v) is 7.33. The van der Waals surface area contributed by atoms with Crippen molar-refractivity contribution in [3.8, 4) is 0 Å². The predicted octanol–water partition coefficient (Wildman–Crippen LogP) is 3.64. The molecule has 164 valence electrons. The van der Waals surface area contributed by atoms with Gasteiger partial charge in [-0.05, 0) is 41.8 Å². The molecule has 1 amide bonds. The van der Waals surface area contributed by atoms with Crippen LogP contribution in [0.3, 0.4) is 0 Å². The minimum absolute atomic E-state index is 0.0159. The van der Waals surface area contributed by atoms with Gasteiger partial charge in [-0.1, -0.05) is 35.9 Å². The van der Waals surface area contributed by atoms with Crippen LogP contribution in [0.1, 0.15) is 21.5 Å². The van der Waals surface area contributed by atoms with Crippen LogP contribution in [0, 0.1) is 10.1 Å². The zero-order chi connectivity index (χ0) is 22.9. The number of halogens is 1. The fourth-order valence-corrected chi connectivity index (χ4v) is 5.14. The van der Waals surface area contributed by atoms with E-state index in [1.165, 1.54) is 34.8 Å². The van der Waals surface area contributed by atoms with Crippen LogP contribution in [0.2, 0.25) is 5.02 Å². The van der Waals surface area contributed by atoms with Crippen LogP contribution in [-0.2, 0) is 23.0 Å². The highest BCUT2D eigenvalue weighted by Crippen LogP contribution is 2.29. The van der Waals surface area contributed by atoms with Gasteiger partial charge in [0.1, 0.15) is 11.9 Å². The van der Waals surface area contributed by atoms with Crippen LogP contribution in [-0.4, -0.2) is 35.1 Å². The number of nitro groups is 1. The van der Waals surface area contributed by atoms with E-state index in [0.29, 0.717) is 13.0 Å². The molecule has 1 N–H and O–H groups in total. The predicted molar refractivity (Wildman–Crippen MR) is 118 cm³/mol. The lowest BCUT2D eigenvalue weighted by atomic mass is 10.0. The van der Waals surface area contributed by atoms with Gasteiger partial charge in [0.25, 0.3) is 5.91 Å². The lowest BCUT2D eigenvalue weighted by Gasteiger charge is -2.28. The van der Waals surface area contributed by atoms with Gasteiger partial charge in [0.15, 0.2) is 0 Å². The number of rotatable bonds is 5. The Morgan fingerprint density at radius 3 is 2.66 bits per heavy atom. The molecule has 1 aliphatic rings. The molecule has 0 unspecified atom stereocenters. The maximum Gasteiger partial charge on any atom is 0.310 e. The molecule has 0 aliphatic carbocycles. The van der Waals surface area contributed by atoms with Gasteiger partial charge in [0.2, 0.25) is 10.0 Å². The van der Waals surface area contributed by atoms with Crippen molar-refractivity contribution >= 4 is 38.9 Å². The highest BCUT2D eigenvalue weighted by Gasteiger charge is 2.29. The van der Waals surface area contributed by atoms with Crippen molar-refractivity contribution in [3.05, 3.63) is 92.8 Å². The summed E-state index contributed by atoms with van der Waals surface area (Å²) in [6.07, 6.45) is 2.88. The van der Waals surface area contributed by atoms with E-state index in [1.54, 1.807) is 0 Å². The van der Waals surface area contributed by atoms with Crippen molar-refractivity contribution in [2.24, 2.45) is 0 Å². The first-order valence-corrected chi connectivity index (χ1v) is 11.4. The van der Waals surface area contributed by atoms with Crippen LogP contribution in [0.5, 0.6) is 0 Å². The van der Waals surface area contributed by atoms with Crippen molar-refractivity contribution in [1.82, 2.24) is 9.29 Å². The molecule has 32 heavy (non-hydrogen) atoms. The van der Waals surface area contributed by atoms with Gasteiger partial charge in [0, 0.05) is 19.3 Å². The van der Waals surface area contributed by atoms with Crippen molar-refractivity contribution in [1.29, 1.82) is 0 Å². The first kappa shape index (κ1) is 21.9. The number of nitrogens with zero attached hydrogens (tertiary/aromatic N) is 3.